The minimum absolute atomic E-state index is 0.0357. The molecule has 0 bridgehead atoms. The maximum atomic E-state index is 12.1. The number of nitrogens with two attached hydrogens (primary N) is 1. The van der Waals surface area contributed by atoms with Crippen molar-refractivity contribution < 1.29 is 19.0 Å². The van der Waals surface area contributed by atoms with E-state index in [1.165, 1.54) is 20.3 Å². The van der Waals surface area contributed by atoms with Gasteiger partial charge in [0.15, 0.2) is 0 Å². The Balaban J connectivity index is 2.09. The van der Waals surface area contributed by atoms with E-state index in [2.05, 4.69) is 4.98 Å². The average Bonchev–Trinajstić information content (AvgIpc) is 2.52. The number of carbonyl (C=O) groups is 1. The Kier molecular flexibility index (Phi) is 4.61. The SMILES string of the molecule is COc1cccc(COC(=O)c2cc(N)ccc2OC)n1. The van der Waals surface area contributed by atoms with E-state index in [4.69, 9.17) is 19.9 Å². The Bertz CT molecular complexity index is 643. The van der Waals surface area contributed by atoms with Crippen molar-refractivity contribution in [3.05, 3.63) is 47.7 Å². The van der Waals surface area contributed by atoms with E-state index < -0.39 is 5.97 Å². The minimum atomic E-state index is -0.524. The average molecular weight is 288 g/mol. The van der Waals surface area contributed by atoms with Crippen molar-refractivity contribution in [3.8, 4) is 11.6 Å². The number of nitrogens with zero attached hydrogens (tertiary/aromatic N) is 1. The first-order valence-corrected chi connectivity index (χ1v) is 6.24. The predicted octanol–water partition coefficient (Wildman–Crippen LogP) is 2.04. The molecule has 0 unspecified atom stereocenters. The Hall–Kier alpha value is -2.76. The molecule has 2 rings (SSSR count). The van der Waals surface area contributed by atoms with Crippen LogP contribution in [0.3, 0.4) is 0 Å². The van der Waals surface area contributed by atoms with Crippen molar-refractivity contribution >= 4 is 11.7 Å². The van der Waals surface area contributed by atoms with Gasteiger partial charge in [0.1, 0.15) is 17.9 Å². The van der Waals surface area contributed by atoms with Gasteiger partial charge in [0.2, 0.25) is 5.88 Å². The number of carbonyl (C=O) groups excluding carboxylic acids is 1. The number of ether oxygens (including phenoxy) is 3. The van der Waals surface area contributed by atoms with Gasteiger partial charge in [0.05, 0.1) is 19.9 Å². The number of pyridine rings is 1. The molecular formula is C15H16N2O4. The molecule has 0 aliphatic rings. The molecule has 0 spiro atoms. The van der Waals surface area contributed by atoms with Gasteiger partial charge in [-0.05, 0) is 24.3 Å². The topological polar surface area (TPSA) is 83.7 Å². The number of esters is 1. The molecule has 6 nitrogen and oxygen atoms in total. The van der Waals surface area contributed by atoms with E-state index in [1.807, 2.05) is 0 Å². The van der Waals surface area contributed by atoms with Gasteiger partial charge in [-0.3, -0.25) is 0 Å². The third-order valence-corrected chi connectivity index (χ3v) is 2.78. The summed E-state index contributed by atoms with van der Waals surface area (Å²) in [5, 5.41) is 0. The summed E-state index contributed by atoms with van der Waals surface area (Å²) >= 11 is 0. The Morgan fingerprint density at radius 2 is 2.00 bits per heavy atom. The van der Waals surface area contributed by atoms with Crippen LogP contribution in [0.1, 0.15) is 16.1 Å². The van der Waals surface area contributed by atoms with Gasteiger partial charge in [-0.15, -0.1) is 0 Å². The number of hydrogen-bond donors (Lipinski definition) is 1. The fourth-order valence-corrected chi connectivity index (χ4v) is 1.75. The van der Waals surface area contributed by atoms with Crippen LogP contribution in [0.25, 0.3) is 0 Å². The number of nitrogen functional groups attached to an aromatic ring is 1. The minimum Gasteiger partial charge on any atom is -0.496 e. The number of methoxy groups -OCH3 is 2. The van der Waals surface area contributed by atoms with Crippen molar-refractivity contribution in [1.29, 1.82) is 0 Å². The van der Waals surface area contributed by atoms with Crippen molar-refractivity contribution in [2.24, 2.45) is 0 Å². The molecule has 0 saturated carbocycles. The lowest BCUT2D eigenvalue weighted by molar-refractivity contribution is 0.0463. The lowest BCUT2D eigenvalue weighted by Gasteiger charge is -2.09. The van der Waals surface area contributed by atoms with Crippen molar-refractivity contribution in [2.75, 3.05) is 20.0 Å². The zero-order chi connectivity index (χ0) is 15.2. The van der Waals surface area contributed by atoms with Crippen LogP contribution in [0.5, 0.6) is 11.6 Å². The first-order chi connectivity index (χ1) is 10.1. The molecule has 1 aromatic carbocycles. The highest BCUT2D eigenvalue weighted by molar-refractivity contribution is 5.93. The first-order valence-electron chi connectivity index (χ1n) is 6.24. The van der Waals surface area contributed by atoms with Crippen LogP contribution in [-0.2, 0) is 11.3 Å². The van der Waals surface area contributed by atoms with E-state index >= 15 is 0 Å². The van der Waals surface area contributed by atoms with E-state index in [9.17, 15) is 4.79 Å². The van der Waals surface area contributed by atoms with Crippen LogP contribution in [-0.4, -0.2) is 25.2 Å². The molecule has 0 radical (unpaired) electrons. The quantitative estimate of drug-likeness (QED) is 0.669. The summed E-state index contributed by atoms with van der Waals surface area (Å²) in [7, 11) is 3.00. The second-order valence-corrected chi connectivity index (χ2v) is 4.21. The van der Waals surface area contributed by atoms with Crippen LogP contribution in [0.15, 0.2) is 36.4 Å². The van der Waals surface area contributed by atoms with Gasteiger partial charge in [-0.1, -0.05) is 6.07 Å². The molecule has 0 saturated heterocycles. The van der Waals surface area contributed by atoms with E-state index in [0.29, 0.717) is 23.0 Å². The lowest BCUT2D eigenvalue weighted by atomic mass is 10.2. The predicted molar refractivity (Wildman–Crippen MR) is 77.3 cm³/mol. The Labute approximate surface area is 122 Å². The number of aromatic nitrogens is 1. The zero-order valence-corrected chi connectivity index (χ0v) is 11.8. The van der Waals surface area contributed by atoms with Gasteiger partial charge in [0.25, 0.3) is 0 Å². The highest BCUT2D eigenvalue weighted by Crippen LogP contribution is 2.22. The summed E-state index contributed by atoms with van der Waals surface area (Å²) in [5.74, 6) is 0.349. The maximum absolute atomic E-state index is 12.1. The van der Waals surface area contributed by atoms with Gasteiger partial charge in [-0.2, -0.15) is 0 Å². The van der Waals surface area contributed by atoms with E-state index in [-0.39, 0.29) is 12.2 Å². The summed E-state index contributed by atoms with van der Waals surface area (Å²) in [5.41, 5.74) is 7.00. The molecule has 1 aromatic heterocycles. The molecule has 2 aromatic rings. The van der Waals surface area contributed by atoms with Gasteiger partial charge >= 0.3 is 5.97 Å². The highest BCUT2D eigenvalue weighted by Gasteiger charge is 2.14. The number of benzene rings is 1. The van der Waals surface area contributed by atoms with Crippen molar-refractivity contribution in [3.63, 3.8) is 0 Å². The number of rotatable bonds is 5. The number of anilines is 1. The summed E-state index contributed by atoms with van der Waals surface area (Å²) in [6, 6.07) is 10.0. The molecule has 0 atom stereocenters. The summed E-state index contributed by atoms with van der Waals surface area (Å²) in [4.78, 5) is 16.2. The molecule has 0 amide bonds. The van der Waals surface area contributed by atoms with Crippen LogP contribution < -0.4 is 15.2 Å². The van der Waals surface area contributed by atoms with Crippen LogP contribution in [0, 0.1) is 0 Å². The molecular weight excluding hydrogens is 272 g/mol. The second kappa shape index (κ2) is 6.60. The lowest BCUT2D eigenvalue weighted by Crippen LogP contribution is -2.08. The van der Waals surface area contributed by atoms with E-state index in [0.717, 1.165) is 0 Å². The molecule has 0 aliphatic carbocycles. The fraction of sp³-hybridized carbons (Fsp3) is 0.200. The van der Waals surface area contributed by atoms with E-state index in [1.54, 1.807) is 30.3 Å². The smallest absolute Gasteiger partial charge is 0.342 e. The second-order valence-electron chi connectivity index (χ2n) is 4.21. The number of hydrogen-bond acceptors (Lipinski definition) is 6. The van der Waals surface area contributed by atoms with Crippen LogP contribution in [0.4, 0.5) is 5.69 Å². The standard InChI is InChI=1S/C15H16N2O4/c1-19-13-7-6-10(16)8-12(13)15(18)21-9-11-4-3-5-14(17-11)20-2/h3-8H,9,16H2,1-2H3. The maximum Gasteiger partial charge on any atom is 0.342 e. The molecule has 6 heteroatoms. The first kappa shape index (κ1) is 14.6. The molecule has 1 heterocycles. The fourth-order valence-electron chi connectivity index (χ4n) is 1.75. The zero-order valence-electron chi connectivity index (χ0n) is 11.8. The van der Waals surface area contributed by atoms with Crippen LogP contribution >= 0.6 is 0 Å². The van der Waals surface area contributed by atoms with Crippen molar-refractivity contribution in [2.45, 2.75) is 6.61 Å². The molecule has 0 aliphatic heterocycles. The molecule has 0 fully saturated rings. The van der Waals surface area contributed by atoms with Crippen molar-refractivity contribution in [1.82, 2.24) is 4.98 Å². The summed E-state index contributed by atoms with van der Waals surface area (Å²) in [6.45, 7) is 0.0357. The molecule has 21 heavy (non-hydrogen) atoms. The van der Waals surface area contributed by atoms with Gasteiger partial charge in [-0.25, -0.2) is 9.78 Å². The Morgan fingerprint density at radius 3 is 2.71 bits per heavy atom. The Morgan fingerprint density at radius 1 is 1.19 bits per heavy atom. The summed E-state index contributed by atoms with van der Waals surface area (Å²) in [6.07, 6.45) is 0. The monoisotopic (exact) mass is 288 g/mol. The highest BCUT2D eigenvalue weighted by atomic mass is 16.5. The van der Waals surface area contributed by atoms with Crippen LogP contribution in [0.2, 0.25) is 0 Å². The van der Waals surface area contributed by atoms with Gasteiger partial charge < -0.3 is 19.9 Å². The van der Waals surface area contributed by atoms with Gasteiger partial charge in [0, 0.05) is 11.8 Å². The largest absolute Gasteiger partial charge is 0.496 e. The molecule has 110 valence electrons. The third-order valence-electron chi connectivity index (χ3n) is 2.78. The molecule has 2 N–H and O–H groups in total. The third kappa shape index (κ3) is 3.62. The summed E-state index contributed by atoms with van der Waals surface area (Å²) < 4.78 is 15.3. The normalized spacial score (nSPS) is 10.0.